The van der Waals surface area contributed by atoms with Crippen LogP contribution in [0.15, 0.2) is 47.4 Å². The minimum atomic E-state index is -3.90. The molecule has 8 nitrogen and oxygen atoms in total. The summed E-state index contributed by atoms with van der Waals surface area (Å²) in [7, 11) is -1.46. The number of anilines is 1. The zero-order valence-corrected chi connectivity index (χ0v) is 16.9. The molecule has 0 aliphatic heterocycles. The lowest BCUT2D eigenvalue weighted by atomic mass is 10.1. The number of aryl methyl sites for hydroxylation is 1. The minimum absolute atomic E-state index is 0.00474. The minimum Gasteiger partial charge on any atom is -0.452 e. The topological polar surface area (TPSA) is 102 Å². The fourth-order valence-corrected chi connectivity index (χ4v) is 3.34. The first kappa shape index (κ1) is 21.5. The molecule has 9 heteroatoms. The Kier molecular flexibility index (Phi) is 6.90. The van der Waals surface area contributed by atoms with Gasteiger partial charge in [-0.25, -0.2) is 13.2 Å². The molecule has 0 fully saturated rings. The summed E-state index contributed by atoms with van der Waals surface area (Å²) >= 11 is 0. The molecule has 0 unspecified atom stereocenters. The number of carbonyl (C=O) groups is 2. The third-order valence-electron chi connectivity index (χ3n) is 4.18. The van der Waals surface area contributed by atoms with E-state index in [1.165, 1.54) is 32.4 Å². The van der Waals surface area contributed by atoms with E-state index >= 15 is 0 Å². The van der Waals surface area contributed by atoms with E-state index in [1.54, 1.807) is 6.07 Å². The highest BCUT2D eigenvalue weighted by Gasteiger charge is 2.22. The van der Waals surface area contributed by atoms with Gasteiger partial charge in [0.2, 0.25) is 0 Å². The third kappa shape index (κ3) is 4.94. The lowest BCUT2D eigenvalue weighted by Crippen LogP contribution is -2.26. The maximum Gasteiger partial charge on any atom is 0.338 e. The van der Waals surface area contributed by atoms with E-state index in [2.05, 4.69) is 5.32 Å². The van der Waals surface area contributed by atoms with E-state index in [-0.39, 0.29) is 10.5 Å². The van der Waals surface area contributed by atoms with Crippen LogP contribution in [0.1, 0.15) is 21.5 Å². The van der Waals surface area contributed by atoms with Crippen molar-refractivity contribution in [2.75, 3.05) is 26.1 Å². The lowest BCUT2D eigenvalue weighted by molar-refractivity contribution is -0.119. The maximum absolute atomic E-state index is 12.3. The number of hydrogen-bond acceptors (Lipinski definition) is 6. The number of benzene rings is 2. The van der Waals surface area contributed by atoms with Crippen molar-refractivity contribution in [3.63, 3.8) is 0 Å². The second kappa shape index (κ2) is 8.96. The van der Waals surface area contributed by atoms with Crippen molar-refractivity contribution in [2.24, 2.45) is 0 Å². The SMILES string of the molecule is CON(C)S(=O)(=O)c1cccc(C(=O)OCC(=O)Nc2cccc(C)c2C)c1. The van der Waals surface area contributed by atoms with Crippen LogP contribution in [0.2, 0.25) is 0 Å². The number of nitrogens with one attached hydrogen (secondary N) is 1. The van der Waals surface area contributed by atoms with E-state index in [4.69, 9.17) is 9.57 Å². The zero-order chi connectivity index (χ0) is 20.9. The van der Waals surface area contributed by atoms with Crippen molar-refractivity contribution in [3.05, 3.63) is 59.2 Å². The molecule has 0 atom stereocenters. The highest BCUT2D eigenvalue weighted by molar-refractivity contribution is 7.89. The van der Waals surface area contributed by atoms with Crippen molar-refractivity contribution in [2.45, 2.75) is 18.7 Å². The van der Waals surface area contributed by atoms with E-state index in [1.807, 2.05) is 26.0 Å². The van der Waals surface area contributed by atoms with Crippen molar-refractivity contribution in [1.29, 1.82) is 0 Å². The Balaban J connectivity index is 2.04. The van der Waals surface area contributed by atoms with Gasteiger partial charge in [0.15, 0.2) is 6.61 Å². The summed E-state index contributed by atoms with van der Waals surface area (Å²) in [6, 6.07) is 10.8. The normalized spacial score (nSPS) is 11.3. The smallest absolute Gasteiger partial charge is 0.338 e. The summed E-state index contributed by atoms with van der Waals surface area (Å²) in [5.41, 5.74) is 2.58. The predicted octanol–water partition coefficient (Wildman–Crippen LogP) is 2.28. The Bertz CT molecular complexity index is 988. The van der Waals surface area contributed by atoms with Crippen molar-refractivity contribution in [3.8, 4) is 0 Å². The molecule has 0 aromatic heterocycles. The standard InChI is InChI=1S/C19H22N2O6S/c1-13-7-5-10-17(14(13)2)20-18(22)12-27-19(23)15-8-6-9-16(11-15)28(24,25)21(3)26-4/h5-11H,12H2,1-4H3,(H,20,22). The van der Waals surface area contributed by atoms with Crippen molar-refractivity contribution >= 4 is 27.6 Å². The maximum atomic E-state index is 12.3. The third-order valence-corrected chi connectivity index (χ3v) is 5.85. The van der Waals surface area contributed by atoms with Crippen molar-refractivity contribution < 1.29 is 27.6 Å². The molecule has 1 amide bonds. The quantitative estimate of drug-likeness (QED) is 0.559. The molecule has 1 N–H and O–H groups in total. The van der Waals surface area contributed by atoms with E-state index in [0.717, 1.165) is 17.2 Å². The van der Waals surface area contributed by atoms with Gasteiger partial charge in [-0.05, 0) is 49.2 Å². The summed E-state index contributed by atoms with van der Waals surface area (Å²) in [6.07, 6.45) is 0. The Morgan fingerprint density at radius 2 is 1.79 bits per heavy atom. The summed E-state index contributed by atoms with van der Waals surface area (Å²) in [6.45, 7) is 3.30. The molecule has 0 bridgehead atoms. The molecule has 0 saturated carbocycles. The van der Waals surface area contributed by atoms with E-state index < -0.39 is 28.5 Å². The van der Waals surface area contributed by atoms with Gasteiger partial charge in [-0.3, -0.25) is 9.63 Å². The van der Waals surface area contributed by atoms with Crippen LogP contribution in [-0.4, -0.2) is 45.5 Å². The molecule has 0 spiro atoms. The van der Waals surface area contributed by atoms with Gasteiger partial charge >= 0.3 is 5.97 Å². The number of ether oxygens (including phenoxy) is 1. The summed E-state index contributed by atoms with van der Waals surface area (Å²) in [5.74, 6) is -1.31. The molecular formula is C19H22N2O6S. The molecule has 150 valence electrons. The van der Waals surface area contributed by atoms with Gasteiger partial charge in [0.05, 0.1) is 17.6 Å². The Hall–Kier alpha value is -2.75. The fraction of sp³-hybridized carbons (Fsp3) is 0.263. The van der Waals surface area contributed by atoms with Crippen LogP contribution in [0.25, 0.3) is 0 Å². The first-order valence-corrected chi connectivity index (χ1v) is 9.77. The molecule has 2 rings (SSSR count). The molecule has 0 aliphatic rings. The zero-order valence-electron chi connectivity index (χ0n) is 16.1. The number of amides is 1. The first-order valence-electron chi connectivity index (χ1n) is 8.33. The Morgan fingerprint density at radius 3 is 2.46 bits per heavy atom. The summed E-state index contributed by atoms with van der Waals surface area (Å²) < 4.78 is 30.2. The van der Waals surface area contributed by atoms with E-state index in [9.17, 15) is 18.0 Å². The number of nitrogens with zero attached hydrogens (tertiary/aromatic N) is 1. The van der Waals surface area contributed by atoms with Crippen LogP contribution >= 0.6 is 0 Å². The van der Waals surface area contributed by atoms with E-state index in [0.29, 0.717) is 10.2 Å². The lowest BCUT2D eigenvalue weighted by Gasteiger charge is -2.14. The van der Waals surface area contributed by atoms with Gasteiger partial charge in [0.1, 0.15) is 0 Å². The first-order chi connectivity index (χ1) is 13.2. The fourth-order valence-electron chi connectivity index (χ4n) is 2.32. The second-order valence-corrected chi connectivity index (χ2v) is 7.93. The van der Waals surface area contributed by atoms with Crippen LogP contribution in [0, 0.1) is 13.8 Å². The van der Waals surface area contributed by atoms with Crippen LogP contribution in [-0.2, 0) is 24.4 Å². The molecule has 2 aromatic rings. The Labute approximate surface area is 164 Å². The monoisotopic (exact) mass is 406 g/mol. The average Bonchev–Trinajstić information content (AvgIpc) is 2.69. The molecule has 28 heavy (non-hydrogen) atoms. The van der Waals surface area contributed by atoms with Gasteiger partial charge in [-0.2, -0.15) is 0 Å². The van der Waals surface area contributed by atoms with Gasteiger partial charge in [0.25, 0.3) is 15.9 Å². The molecule has 0 saturated heterocycles. The molecule has 0 aliphatic carbocycles. The van der Waals surface area contributed by atoms with Gasteiger partial charge < -0.3 is 10.1 Å². The van der Waals surface area contributed by atoms with Gasteiger partial charge in [-0.15, -0.1) is 0 Å². The molecule has 0 radical (unpaired) electrons. The highest BCUT2D eigenvalue weighted by Crippen LogP contribution is 2.18. The molecule has 2 aromatic carbocycles. The summed E-state index contributed by atoms with van der Waals surface area (Å²) in [5, 5.41) is 2.68. The number of hydrogen-bond donors (Lipinski definition) is 1. The number of hydroxylamine groups is 1. The van der Waals surface area contributed by atoms with Crippen LogP contribution in [0.4, 0.5) is 5.69 Å². The highest BCUT2D eigenvalue weighted by atomic mass is 32.2. The van der Waals surface area contributed by atoms with Crippen molar-refractivity contribution in [1.82, 2.24) is 4.47 Å². The predicted molar refractivity (Wildman–Crippen MR) is 103 cm³/mol. The van der Waals surface area contributed by atoms with Crippen LogP contribution < -0.4 is 5.32 Å². The number of esters is 1. The number of carbonyl (C=O) groups excluding carboxylic acids is 2. The number of rotatable bonds is 7. The molecule has 0 heterocycles. The largest absolute Gasteiger partial charge is 0.452 e. The Morgan fingerprint density at radius 1 is 1.11 bits per heavy atom. The van der Waals surface area contributed by atoms with Crippen LogP contribution in [0.5, 0.6) is 0 Å². The number of sulfonamides is 1. The molecular weight excluding hydrogens is 384 g/mol. The van der Waals surface area contributed by atoms with Gasteiger partial charge in [0, 0.05) is 12.7 Å². The average molecular weight is 406 g/mol. The summed E-state index contributed by atoms with van der Waals surface area (Å²) in [4.78, 5) is 28.8. The second-order valence-electron chi connectivity index (χ2n) is 6.00. The van der Waals surface area contributed by atoms with Crippen LogP contribution in [0.3, 0.4) is 0 Å². The van der Waals surface area contributed by atoms with Gasteiger partial charge in [-0.1, -0.05) is 22.7 Å².